The van der Waals surface area contributed by atoms with Crippen LogP contribution in [0.1, 0.15) is 35.2 Å². The average molecular weight is 281 g/mol. The zero-order valence-electron chi connectivity index (χ0n) is 12.1. The van der Waals surface area contributed by atoms with Gasteiger partial charge in [0, 0.05) is 5.56 Å². The molecule has 108 valence electrons. The van der Waals surface area contributed by atoms with Crippen molar-refractivity contribution >= 4 is 5.91 Å². The van der Waals surface area contributed by atoms with Crippen LogP contribution in [-0.2, 0) is 5.54 Å². The third-order valence-corrected chi connectivity index (χ3v) is 4.22. The normalized spacial score (nSPS) is 15.9. The summed E-state index contributed by atoms with van der Waals surface area (Å²) in [6.07, 6.45) is 3.13. The molecule has 3 heteroatoms. The van der Waals surface area contributed by atoms with E-state index < -0.39 is 0 Å². The summed E-state index contributed by atoms with van der Waals surface area (Å²) < 4.78 is 5.18. The van der Waals surface area contributed by atoms with Gasteiger partial charge in [-0.05, 0) is 43.0 Å². The number of hydrogen-bond acceptors (Lipinski definition) is 2. The highest BCUT2D eigenvalue weighted by Crippen LogP contribution is 2.41. The number of ether oxygens (including phenoxy) is 1. The molecule has 1 amide bonds. The lowest BCUT2D eigenvalue weighted by molar-refractivity contribution is 0.0823. The molecule has 0 bridgehead atoms. The molecular weight excluding hydrogens is 262 g/mol. The fraction of sp³-hybridized carbons (Fsp3) is 0.278. The van der Waals surface area contributed by atoms with Crippen LogP contribution >= 0.6 is 0 Å². The largest absolute Gasteiger partial charge is 0.497 e. The molecule has 1 N–H and O–H groups in total. The van der Waals surface area contributed by atoms with Gasteiger partial charge in [0.2, 0.25) is 0 Å². The predicted octanol–water partition coefficient (Wildman–Crippen LogP) is 3.50. The third-order valence-electron chi connectivity index (χ3n) is 4.22. The van der Waals surface area contributed by atoms with Crippen molar-refractivity contribution in [3.05, 3.63) is 65.7 Å². The Kier molecular flexibility index (Phi) is 3.65. The lowest BCUT2D eigenvalue weighted by Gasteiger charge is -2.43. The van der Waals surface area contributed by atoms with E-state index in [-0.39, 0.29) is 11.4 Å². The van der Waals surface area contributed by atoms with Crippen LogP contribution in [0.3, 0.4) is 0 Å². The van der Waals surface area contributed by atoms with Crippen molar-refractivity contribution < 1.29 is 9.53 Å². The van der Waals surface area contributed by atoms with E-state index in [2.05, 4.69) is 17.4 Å². The highest BCUT2D eigenvalue weighted by molar-refractivity contribution is 5.95. The summed E-state index contributed by atoms with van der Waals surface area (Å²) in [6, 6.07) is 17.5. The van der Waals surface area contributed by atoms with Gasteiger partial charge in [0.05, 0.1) is 12.6 Å². The summed E-state index contributed by atoms with van der Waals surface area (Å²) in [7, 11) is 1.61. The summed E-state index contributed by atoms with van der Waals surface area (Å²) >= 11 is 0. The van der Waals surface area contributed by atoms with Crippen molar-refractivity contribution in [2.45, 2.75) is 24.8 Å². The van der Waals surface area contributed by atoms with Gasteiger partial charge in [-0.1, -0.05) is 36.4 Å². The van der Waals surface area contributed by atoms with Crippen LogP contribution in [0, 0.1) is 0 Å². The Hall–Kier alpha value is -2.29. The first-order valence-corrected chi connectivity index (χ1v) is 7.26. The van der Waals surface area contributed by atoms with E-state index in [1.807, 2.05) is 36.4 Å². The molecule has 0 heterocycles. The number of benzene rings is 2. The van der Waals surface area contributed by atoms with E-state index >= 15 is 0 Å². The molecule has 1 aliphatic rings. The smallest absolute Gasteiger partial charge is 0.252 e. The summed E-state index contributed by atoms with van der Waals surface area (Å²) in [5, 5.41) is 3.22. The molecule has 1 aliphatic carbocycles. The number of carbonyl (C=O) groups excluding carboxylic acids is 1. The number of amides is 1. The van der Waals surface area contributed by atoms with E-state index in [1.165, 1.54) is 5.56 Å². The lowest BCUT2D eigenvalue weighted by Crippen LogP contribution is -2.50. The van der Waals surface area contributed by atoms with Crippen molar-refractivity contribution in [3.63, 3.8) is 0 Å². The van der Waals surface area contributed by atoms with Crippen molar-refractivity contribution in [1.29, 1.82) is 0 Å². The minimum atomic E-state index is -0.207. The second-order valence-electron chi connectivity index (χ2n) is 5.49. The maximum absolute atomic E-state index is 12.5. The Bertz CT molecular complexity index is 633. The fourth-order valence-corrected chi connectivity index (χ4v) is 2.83. The molecule has 3 nitrogen and oxygen atoms in total. The summed E-state index contributed by atoms with van der Waals surface area (Å²) in [5.74, 6) is 0.655. The van der Waals surface area contributed by atoms with Crippen LogP contribution in [0.5, 0.6) is 5.75 Å². The van der Waals surface area contributed by atoms with Gasteiger partial charge in [-0.2, -0.15) is 0 Å². The summed E-state index contributed by atoms with van der Waals surface area (Å²) in [6.45, 7) is 0. The van der Waals surface area contributed by atoms with Gasteiger partial charge in [-0.25, -0.2) is 0 Å². The standard InChI is InChI=1S/C18H19NO2/c1-21-16-10-5-7-14(13-16)17(20)19-18(11-6-12-18)15-8-3-2-4-9-15/h2-5,7-10,13H,6,11-12H2,1H3,(H,19,20). The van der Waals surface area contributed by atoms with E-state index in [9.17, 15) is 4.79 Å². The average Bonchev–Trinajstić information content (AvgIpc) is 2.51. The van der Waals surface area contributed by atoms with Gasteiger partial charge in [-0.15, -0.1) is 0 Å². The quantitative estimate of drug-likeness (QED) is 0.931. The van der Waals surface area contributed by atoms with E-state index in [0.717, 1.165) is 19.3 Å². The van der Waals surface area contributed by atoms with Crippen molar-refractivity contribution in [2.75, 3.05) is 7.11 Å². The number of hydrogen-bond donors (Lipinski definition) is 1. The monoisotopic (exact) mass is 281 g/mol. The molecule has 21 heavy (non-hydrogen) atoms. The van der Waals surface area contributed by atoms with Gasteiger partial charge < -0.3 is 10.1 Å². The molecular formula is C18H19NO2. The van der Waals surface area contributed by atoms with Gasteiger partial charge >= 0.3 is 0 Å². The molecule has 0 aromatic heterocycles. The first-order chi connectivity index (χ1) is 10.2. The maximum atomic E-state index is 12.5. The lowest BCUT2D eigenvalue weighted by atomic mass is 9.71. The van der Waals surface area contributed by atoms with Gasteiger partial charge in [0.15, 0.2) is 0 Å². The third kappa shape index (κ3) is 2.64. The molecule has 0 unspecified atom stereocenters. The van der Waals surface area contributed by atoms with Crippen LogP contribution in [0.15, 0.2) is 54.6 Å². The summed E-state index contributed by atoms with van der Waals surface area (Å²) in [4.78, 5) is 12.5. The van der Waals surface area contributed by atoms with Crippen LogP contribution in [0.4, 0.5) is 0 Å². The van der Waals surface area contributed by atoms with Crippen molar-refractivity contribution in [1.82, 2.24) is 5.32 Å². The Morgan fingerprint density at radius 1 is 1.10 bits per heavy atom. The first-order valence-electron chi connectivity index (χ1n) is 7.26. The van der Waals surface area contributed by atoms with Crippen LogP contribution in [0.2, 0.25) is 0 Å². The number of methoxy groups -OCH3 is 1. The first kappa shape index (κ1) is 13.7. The topological polar surface area (TPSA) is 38.3 Å². The van der Waals surface area contributed by atoms with Gasteiger partial charge in [0.1, 0.15) is 5.75 Å². The SMILES string of the molecule is COc1cccc(C(=O)NC2(c3ccccc3)CCC2)c1. The maximum Gasteiger partial charge on any atom is 0.252 e. The zero-order valence-corrected chi connectivity index (χ0v) is 12.1. The number of nitrogens with one attached hydrogen (secondary N) is 1. The van der Waals surface area contributed by atoms with Gasteiger partial charge in [-0.3, -0.25) is 4.79 Å². The Morgan fingerprint density at radius 3 is 2.48 bits per heavy atom. The second-order valence-corrected chi connectivity index (χ2v) is 5.49. The van der Waals surface area contributed by atoms with Crippen molar-refractivity contribution in [2.24, 2.45) is 0 Å². The molecule has 1 saturated carbocycles. The summed E-state index contributed by atoms with van der Waals surface area (Å²) in [5.41, 5.74) is 1.62. The molecule has 2 aromatic carbocycles. The fourth-order valence-electron chi connectivity index (χ4n) is 2.83. The van der Waals surface area contributed by atoms with Crippen LogP contribution in [0.25, 0.3) is 0 Å². The highest BCUT2D eigenvalue weighted by Gasteiger charge is 2.39. The van der Waals surface area contributed by atoms with Gasteiger partial charge in [0.25, 0.3) is 5.91 Å². The van der Waals surface area contributed by atoms with Crippen LogP contribution < -0.4 is 10.1 Å². The number of carbonyl (C=O) groups is 1. The predicted molar refractivity (Wildman–Crippen MR) is 82.4 cm³/mol. The molecule has 0 spiro atoms. The Morgan fingerprint density at radius 2 is 1.86 bits per heavy atom. The minimum absolute atomic E-state index is 0.0440. The number of rotatable bonds is 4. The molecule has 0 atom stereocenters. The molecule has 0 aliphatic heterocycles. The van der Waals surface area contributed by atoms with Crippen LogP contribution in [-0.4, -0.2) is 13.0 Å². The molecule has 2 aromatic rings. The Labute approximate surface area is 124 Å². The van der Waals surface area contributed by atoms with E-state index in [0.29, 0.717) is 11.3 Å². The second kappa shape index (κ2) is 5.60. The molecule has 1 fully saturated rings. The van der Waals surface area contributed by atoms with E-state index in [4.69, 9.17) is 4.74 Å². The molecule has 0 radical (unpaired) electrons. The molecule has 3 rings (SSSR count). The minimum Gasteiger partial charge on any atom is -0.497 e. The highest BCUT2D eigenvalue weighted by atomic mass is 16.5. The Balaban J connectivity index is 1.82. The van der Waals surface area contributed by atoms with E-state index in [1.54, 1.807) is 13.2 Å². The van der Waals surface area contributed by atoms with Crippen molar-refractivity contribution in [3.8, 4) is 5.75 Å². The molecule has 0 saturated heterocycles. The zero-order chi connectivity index (χ0) is 14.7.